The van der Waals surface area contributed by atoms with Crippen molar-refractivity contribution in [3.8, 4) is 0 Å². The van der Waals surface area contributed by atoms with Crippen LogP contribution in [0.5, 0.6) is 0 Å². The zero-order valence-corrected chi connectivity index (χ0v) is 14.0. The molecule has 0 saturated heterocycles. The zero-order chi connectivity index (χ0) is 15.2. The van der Waals surface area contributed by atoms with E-state index in [2.05, 4.69) is 5.32 Å². The lowest BCUT2D eigenvalue weighted by atomic mass is 10.1. The fourth-order valence-electron chi connectivity index (χ4n) is 2.24. The minimum absolute atomic E-state index is 0.0599. The van der Waals surface area contributed by atoms with Gasteiger partial charge in [-0.25, -0.2) is 0 Å². The lowest BCUT2D eigenvalue weighted by molar-refractivity contribution is -0.122. The molecular weight excluding hydrogens is 329 g/mol. The number of carbonyl (C=O) groups is 1. The third-order valence-electron chi connectivity index (χ3n) is 3.49. The topological polar surface area (TPSA) is 49.3 Å². The van der Waals surface area contributed by atoms with Gasteiger partial charge in [0, 0.05) is 24.8 Å². The summed E-state index contributed by atoms with van der Waals surface area (Å²) in [6.07, 6.45) is 1.68. The quantitative estimate of drug-likeness (QED) is 0.709. The number of aliphatic hydroxyl groups excluding tert-OH is 1. The Bertz CT molecular complexity index is 499. The van der Waals surface area contributed by atoms with E-state index in [9.17, 15) is 4.79 Å². The predicted molar refractivity (Wildman–Crippen MR) is 89.3 cm³/mol. The summed E-state index contributed by atoms with van der Waals surface area (Å²) in [7, 11) is 0. The molecule has 0 spiro atoms. The minimum Gasteiger partial charge on any atom is -0.396 e. The van der Waals surface area contributed by atoms with E-state index in [1.807, 2.05) is 12.1 Å². The van der Waals surface area contributed by atoms with Crippen molar-refractivity contribution in [2.24, 2.45) is 5.92 Å². The van der Waals surface area contributed by atoms with Gasteiger partial charge in [-0.05, 0) is 42.2 Å². The van der Waals surface area contributed by atoms with Crippen LogP contribution in [0.4, 0.5) is 0 Å². The number of halogens is 2. The molecule has 1 aromatic carbocycles. The second-order valence-electron chi connectivity index (χ2n) is 5.10. The molecule has 6 heteroatoms. The molecule has 1 aliphatic rings. The average molecular weight is 348 g/mol. The predicted octanol–water partition coefficient (Wildman–Crippen LogP) is 3.33. The van der Waals surface area contributed by atoms with Crippen LogP contribution in [0.3, 0.4) is 0 Å². The standard InChI is InChI=1S/C15H19Cl2NO2S/c16-13-3-2-10(8-14(13)17)11-9-12(11)15(20)18-4-7-21-6-1-5-19/h2-3,8,11-12,19H,1,4-7,9H2,(H,18,20). The SMILES string of the molecule is O=C(NCCSCCCO)C1CC1c1ccc(Cl)c(Cl)c1. The largest absolute Gasteiger partial charge is 0.396 e. The van der Waals surface area contributed by atoms with Crippen molar-refractivity contribution in [3.63, 3.8) is 0 Å². The van der Waals surface area contributed by atoms with Crippen LogP contribution in [0.15, 0.2) is 18.2 Å². The van der Waals surface area contributed by atoms with Gasteiger partial charge in [-0.3, -0.25) is 4.79 Å². The molecule has 116 valence electrons. The summed E-state index contributed by atoms with van der Waals surface area (Å²) < 4.78 is 0. The van der Waals surface area contributed by atoms with Crippen molar-refractivity contribution >= 4 is 40.9 Å². The second kappa shape index (κ2) is 8.28. The molecule has 21 heavy (non-hydrogen) atoms. The highest BCUT2D eigenvalue weighted by Crippen LogP contribution is 2.48. The van der Waals surface area contributed by atoms with Crippen LogP contribution < -0.4 is 5.32 Å². The van der Waals surface area contributed by atoms with Gasteiger partial charge in [0.2, 0.25) is 5.91 Å². The van der Waals surface area contributed by atoms with Gasteiger partial charge in [-0.2, -0.15) is 11.8 Å². The van der Waals surface area contributed by atoms with Crippen LogP contribution in [-0.4, -0.2) is 35.7 Å². The fourth-order valence-corrected chi connectivity index (χ4v) is 3.33. The molecule has 0 aromatic heterocycles. The number of benzene rings is 1. The van der Waals surface area contributed by atoms with E-state index in [4.69, 9.17) is 28.3 Å². The first-order valence-electron chi connectivity index (χ1n) is 7.04. The summed E-state index contributed by atoms with van der Waals surface area (Å²) in [5, 5.41) is 12.7. The molecule has 2 unspecified atom stereocenters. The highest BCUT2D eigenvalue weighted by Gasteiger charge is 2.43. The van der Waals surface area contributed by atoms with Gasteiger partial charge in [0.15, 0.2) is 0 Å². The van der Waals surface area contributed by atoms with E-state index in [0.717, 1.165) is 29.9 Å². The van der Waals surface area contributed by atoms with E-state index >= 15 is 0 Å². The van der Waals surface area contributed by atoms with E-state index < -0.39 is 0 Å². The number of aliphatic hydroxyl groups is 1. The number of hydrogen-bond acceptors (Lipinski definition) is 3. The monoisotopic (exact) mass is 347 g/mol. The van der Waals surface area contributed by atoms with Gasteiger partial charge >= 0.3 is 0 Å². The molecule has 1 aromatic rings. The smallest absolute Gasteiger partial charge is 0.223 e. The van der Waals surface area contributed by atoms with Crippen LogP contribution in [-0.2, 0) is 4.79 Å². The van der Waals surface area contributed by atoms with Crippen molar-refractivity contribution in [1.82, 2.24) is 5.32 Å². The molecule has 2 atom stereocenters. The third kappa shape index (κ3) is 5.06. The van der Waals surface area contributed by atoms with Crippen molar-refractivity contribution in [1.29, 1.82) is 0 Å². The van der Waals surface area contributed by atoms with E-state index in [0.29, 0.717) is 16.6 Å². The maximum absolute atomic E-state index is 12.0. The Hall–Kier alpha value is -0.420. The first-order valence-corrected chi connectivity index (χ1v) is 8.96. The van der Waals surface area contributed by atoms with E-state index in [1.165, 1.54) is 0 Å². The lowest BCUT2D eigenvalue weighted by Gasteiger charge is -2.05. The van der Waals surface area contributed by atoms with Crippen LogP contribution in [0.1, 0.15) is 24.3 Å². The van der Waals surface area contributed by atoms with Gasteiger partial charge in [0.25, 0.3) is 0 Å². The molecule has 1 fully saturated rings. The van der Waals surface area contributed by atoms with Crippen LogP contribution in [0.25, 0.3) is 0 Å². The molecule has 3 nitrogen and oxygen atoms in total. The van der Waals surface area contributed by atoms with Gasteiger partial charge < -0.3 is 10.4 Å². The number of thioether (sulfide) groups is 1. The zero-order valence-electron chi connectivity index (χ0n) is 11.6. The fraction of sp³-hybridized carbons (Fsp3) is 0.533. The van der Waals surface area contributed by atoms with Crippen molar-refractivity contribution in [2.45, 2.75) is 18.8 Å². The highest BCUT2D eigenvalue weighted by atomic mass is 35.5. The summed E-state index contributed by atoms with van der Waals surface area (Å²) in [6.45, 7) is 0.909. The summed E-state index contributed by atoms with van der Waals surface area (Å²) >= 11 is 13.6. The average Bonchev–Trinajstić information content (AvgIpc) is 3.26. The lowest BCUT2D eigenvalue weighted by Crippen LogP contribution is -2.27. The molecule has 1 amide bonds. The van der Waals surface area contributed by atoms with Crippen LogP contribution in [0.2, 0.25) is 10.0 Å². The number of rotatable bonds is 8. The number of carbonyl (C=O) groups excluding carboxylic acids is 1. The van der Waals surface area contributed by atoms with Crippen LogP contribution >= 0.6 is 35.0 Å². The first kappa shape index (κ1) is 16.9. The minimum atomic E-state index is 0.0599. The Labute approximate surface area is 139 Å². The molecular formula is C15H19Cl2NO2S. The Morgan fingerprint density at radius 3 is 2.86 bits per heavy atom. The molecule has 0 bridgehead atoms. The summed E-state index contributed by atoms with van der Waals surface area (Å²) in [5.41, 5.74) is 1.09. The highest BCUT2D eigenvalue weighted by molar-refractivity contribution is 7.99. The normalized spacial score (nSPS) is 20.3. The van der Waals surface area contributed by atoms with Gasteiger partial charge in [-0.15, -0.1) is 0 Å². The Morgan fingerprint density at radius 2 is 2.14 bits per heavy atom. The maximum atomic E-state index is 12.0. The molecule has 1 aliphatic carbocycles. The van der Waals surface area contributed by atoms with E-state index in [1.54, 1.807) is 17.8 Å². The Balaban J connectivity index is 1.70. The molecule has 0 aliphatic heterocycles. The Morgan fingerprint density at radius 1 is 1.33 bits per heavy atom. The summed E-state index contributed by atoms with van der Waals surface area (Å²) in [5.74, 6) is 2.26. The maximum Gasteiger partial charge on any atom is 0.223 e. The van der Waals surface area contributed by atoms with Crippen molar-refractivity contribution < 1.29 is 9.90 Å². The second-order valence-corrected chi connectivity index (χ2v) is 7.14. The van der Waals surface area contributed by atoms with Crippen molar-refractivity contribution in [3.05, 3.63) is 33.8 Å². The molecule has 1 saturated carbocycles. The number of nitrogens with one attached hydrogen (secondary N) is 1. The van der Waals surface area contributed by atoms with Gasteiger partial charge in [-0.1, -0.05) is 29.3 Å². The number of hydrogen-bond donors (Lipinski definition) is 2. The van der Waals surface area contributed by atoms with Gasteiger partial charge in [0.05, 0.1) is 10.0 Å². The molecule has 2 rings (SSSR count). The van der Waals surface area contributed by atoms with Gasteiger partial charge in [0.1, 0.15) is 0 Å². The van der Waals surface area contributed by atoms with Crippen LogP contribution in [0, 0.1) is 5.92 Å². The molecule has 0 radical (unpaired) electrons. The van der Waals surface area contributed by atoms with E-state index in [-0.39, 0.29) is 24.3 Å². The molecule has 2 N–H and O–H groups in total. The third-order valence-corrected chi connectivity index (χ3v) is 5.30. The number of amides is 1. The summed E-state index contributed by atoms with van der Waals surface area (Å²) in [6, 6.07) is 5.58. The molecule has 0 heterocycles. The van der Waals surface area contributed by atoms with Crippen molar-refractivity contribution in [2.75, 3.05) is 24.7 Å². The Kier molecular flexibility index (Phi) is 6.68. The summed E-state index contributed by atoms with van der Waals surface area (Å²) in [4.78, 5) is 12.0. The first-order chi connectivity index (χ1) is 10.1.